The molecule has 4 nitrogen and oxygen atoms in total. The lowest BCUT2D eigenvalue weighted by molar-refractivity contribution is -0.115. The Bertz CT molecular complexity index is 880. The number of ether oxygens (including phenoxy) is 2. The molecule has 0 spiro atoms. The molecule has 142 valence electrons. The summed E-state index contributed by atoms with van der Waals surface area (Å²) in [5.41, 5.74) is 0.525. The van der Waals surface area contributed by atoms with Crippen molar-refractivity contribution in [1.82, 2.24) is 0 Å². The maximum atomic E-state index is 12.2. The minimum Gasteiger partial charge on any atom is -0.497 e. The van der Waals surface area contributed by atoms with Crippen LogP contribution in [0.4, 0.5) is 0 Å². The van der Waals surface area contributed by atoms with Crippen molar-refractivity contribution in [3.63, 3.8) is 0 Å². The van der Waals surface area contributed by atoms with Gasteiger partial charge in [0.2, 0.25) is 0 Å². The molecule has 0 saturated carbocycles. The van der Waals surface area contributed by atoms with Crippen molar-refractivity contribution in [3.8, 4) is 11.5 Å². The van der Waals surface area contributed by atoms with E-state index in [0.29, 0.717) is 17.1 Å². The molecule has 0 atom stereocenters. The first-order valence-electron chi connectivity index (χ1n) is 8.82. The van der Waals surface area contributed by atoms with Crippen LogP contribution in [0.5, 0.6) is 11.5 Å². The summed E-state index contributed by atoms with van der Waals surface area (Å²) in [6, 6.07) is 20.4. The van der Waals surface area contributed by atoms with Crippen molar-refractivity contribution in [3.05, 3.63) is 72.3 Å². The monoisotopic (exact) mass is 366 g/mol. The van der Waals surface area contributed by atoms with Gasteiger partial charge in [-0.25, -0.2) is 4.79 Å². The summed E-state index contributed by atoms with van der Waals surface area (Å²) in [5, 5.41) is 2.10. The first kappa shape index (κ1) is 21.9. The molecule has 0 aliphatic heterocycles. The maximum Gasteiger partial charge on any atom is 0.343 e. The molecule has 0 fully saturated rings. The molecule has 0 aliphatic rings. The van der Waals surface area contributed by atoms with Gasteiger partial charge in [-0.3, -0.25) is 0 Å². The van der Waals surface area contributed by atoms with E-state index in [1.54, 1.807) is 37.4 Å². The van der Waals surface area contributed by atoms with E-state index in [1.807, 2.05) is 50.2 Å². The van der Waals surface area contributed by atoms with Gasteiger partial charge in [-0.05, 0) is 48.9 Å². The predicted molar refractivity (Wildman–Crippen MR) is 110 cm³/mol. The van der Waals surface area contributed by atoms with Crippen molar-refractivity contribution in [2.45, 2.75) is 27.7 Å². The normalized spacial score (nSPS) is 9.22. The van der Waals surface area contributed by atoms with E-state index in [0.717, 1.165) is 10.8 Å². The summed E-state index contributed by atoms with van der Waals surface area (Å²) < 4.78 is 10.5. The molecule has 3 rings (SSSR count). The number of esters is 1. The lowest BCUT2D eigenvalue weighted by Crippen LogP contribution is -2.08. The molecule has 0 aliphatic carbocycles. The molecular formula is C23H26O4. The number of methoxy groups -OCH3 is 1. The molecule has 0 saturated heterocycles. The minimum absolute atomic E-state index is 0.167. The van der Waals surface area contributed by atoms with Gasteiger partial charge in [-0.15, -0.1) is 0 Å². The number of ketones is 1. The van der Waals surface area contributed by atoms with Gasteiger partial charge in [0.05, 0.1) is 12.7 Å². The Morgan fingerprint density at radius 2 is 1.33 bits per heavy atom. The summed E-state index contributed by atoms with van der Waals surface area (Å²) in [4.78, 5) is 21.6. The largest absolute Gasteiger partial charge is 0.497 e. The number of hydrogen-bond acceptors (Lipinski definition) is 4. The Balaban J connectivity index is 0.000000541. The van der Waals surface area contributed by atoms with Crippen LogP contribution in [0, 0.1) is 0 Å². The fourth-order valence-corrected chi connectivity index (χ4v) is 2.15. The van der Waals surface area contributed by atoms with Crippen molar-refractivity contribution in [1.29, 1.82) is 0 Å². The number of fused-ring (bicyclic) bond motifs is 1. The second-order valence-corrected chi connectivity index (χ2v) is 5.54. The van der Waals surface area contributed by atoms with Crippen molar-refractivity contribution in [2.75, 3.05) is 7.11 Å². The summed E-state index contributed by atoms with van der Waals surface area (Å²) in [7, 11) is 1.57. The van der Waals surface area contributed by atoms with Crippen LogP contribution in [0.3, 0.4) is 0 Å². The fraction of sp³-hybridized carbons (Fsp3) is 0.217. The quantitative estimate of drug-likeness (QED) is 0.441. The van der Waals surface area contributed by atoms with Gasteiger partial charge in [0.1, 0.15) is 17.3 Å². The van der Waals surface area contributed by atoms with E-state index < -0.39 is 0 Å². The molecule has 3 aromatic rings. The lowest BCUT2D eigenvalue weighted by Gasteiger charge is -2.07. The Morgan fingerprint density at radius 3 is 1.96 bits per heavy atom. The molecule has 0 heterocycles. The fourth-order valence-electron chi connectivity index (χ4n) is 2.15. The molecule has 3 aromatic carbocycles. The Labute approximate surface area is 160 Å². The third kappa shape index (κ3) is 7.32. The first-order valence-corrected chi connectivity index (χ1v) is 8.82. The van der Waals surface area contributed by atoms with Crippen molar-refractivity contribution < 1.29 is 19.1 Å². The van der Waals surface area contributed by atoms with Crippen LogP contribution < -0.4 is 9.47 Å². The zero-order chi connectivity index (χ0) is 20.2. The summed E-state index contributed by atoms with van der Waals surface area (Å²) in [5.74, 6) is 0.903. The molecular weight excluding hydrogens is 340 g/mol. The van der Waals surface area contributed by atoms with E-state index in [4.69, 9.17) is 9.47 Å². The van der Waals surface area contributed by atoms with E-state index >= 15 is 0 Å². The van der Waals surface area contributed by atoms with Gasteiger partial charge in [0.15, 0.2) is 0 Å². The Morgan fingerprint density at radius 1 is 0.741 bits per heavy atom. The molecule has 27 heavy (non-hydrogen) atoms. The standard InChI is InChI=1S/C18H14O3.C3H6O.C2H6/c1-20-16-7-4-8-17(12-16)21-18(19)15-10-9-13-5-2-3-6-14(13)11-15;1-3(2)4;1-2/h2-12H,1H3;1-2H3;1-2H3. The zero-order valence-corrected chi connectivity index (χ0v) is 16.5. The second kappa shape index (κ2) is 11.5. The average molecular weight is 366 g/mol. The van der Waals surface area contributed by atoms with Crippen LogP contribution in [-0.4, -0.2) is 18.9 Å². The van der Waals surface area contributed by atoms with Crippen LogP contribution in [0.15, 0.2) is 66.7 Å². The molecule has 0 unspecified atom stereocenters. The highest BCUT2D eigenvalue weighted by Crippen LogP contribution is 2.21. The zero-order valence-electron chi connectivity index (χ0n) is 16.5. The first-order chi connectivity index (χ1) is 13.0. The van der Waals surface area contributed by atoms with Crippen LogP contribution in [0.25, 0.3) is 10.8 Å². The van der Waals surface area contributed by atoms with E-state index in [1.165, 1.54) is 13.8 Å². The third-order valence-corrected chi connectivity index (χ3v) is 3.24. The third-order valence-electron chi connectivity index (χ3n) is 3.24. The van der Waals surface area contributed by atoms with E-state index in [2.05, 4.69) is 0 Å². The SMILES string of the molecule is CC.CC(C)=O.COc1cccc(OC(=O)c2ccc3ccccc3c2)c1. The highest BCUT2D eigenvalue weighted by Gasteiger charge is 2.09. The number of carbonyl (C=O) groups excluding carboxylic acids is 2. The van der Waals surface area contributed by atoms with Crippen LogP contribution in [-0.2, 0) is 4.79 Å². The molecule has 0 bridgehead atoms. The Hall–Kier alpha value is -3.14. The van der Waals surface area contributed by atoms with Gasteiger partial charge >= 0.3 is 5.97 Å². The molecule has 0 aromatic heterocycles. The molecule has 0 amide bonds. The summed E-state index contributed by atoms with van der Waals surface area (Å²) in [6.07, 6.45) is 0. The van der Waals surface area contributed by atoms with E-state index in [9.17, 15) is 9.59 Å². The van der Waals surface area contributed by atoms with E-state index in [-0.39, 0.29) is 11.8 Å². The second-order valence-electron chi connectivity index (χ2n) is 5.54. The van der Waals surface area contributed by atoms with Gasteiger partial charge < -0.3 is 14.3 Å². The molecule has 0 N–H and O–H groups in total. The number of rotatable bonds is 3. The number of hydrogen-bond donors (Lipinski definition) is 0. The highest BCUT2D eigenvalue weighted by molar-refractivity contribution is 5.96. The molecule has 4 heteroatoms. The minimum atomic E-state index is -0.381. The van der Waals surface area contributed by atoms with Crippen molar-refractivity contribution >= 4 is 22.5 Å². The maximum absolute atomic E-state index is 12.2. The number of benzene rings is 3. The number of carbonyl (C=O) groups is 2. The van der Waals surface area contributed by atoms with Crippen molar-refractivity contribution in [2.24, 2.45) is 0 Å². The smallest absolute Gasteiger partial charge is 0.343 e. The van der Waals surface area contributed by atoms with Gasteiger partial charge in [0.25, 0.3) is 0 Å². The van der Waals surface area contributed by atoms with Crippen LogP contribution in [0.1, 0.15) is 38.1 Å². The predicted octanol–water partition coefficient (Wildman–Crippen LogP) is 5.69. The highest BCUT2D eigenvalue weighted by atomic mass is 16.5. The number of Topliss-reactive ketones (excluding diaryl/α,β-unsaturated/α-hetero) is 1. The van der Waals surface area contributed by atoms with Crippen LogP contribution >= 0.6 is 0 Å². The topological polar surface area (TPSA) is 52.6 Å². The summed E-state index contributed by atoms with van der Waals surface area (Å²) in [6.45, 7) is 7.06. The summed E-state index contributed by atoms with van der Waals surface area (Å²) >= 11 is 0. The molecule has 0 radical (unpaired) electrons. The van der Waals surface area contributed by atoms with Crippen LogP contribution in [0.2, 0.25) is 0 Å². The van der Waals surface area contributed by atoms with Gasteiger partial charge in [0, 0.05) is 6.07 Å². The van der Waals surface area contributed by atoms with Gasteiger partial charge in [-0.2, -0.15) is 0 Å². The Kier molecular flexibility index (Phi) is 9.30. The lowest BCUT2D eigenvalue weighted by atomic mass is 10.1. The van der Waals surface area contributed by atoms with Gasteiger partial charge in [-0.1, -0.05) is 50.2 Å². The average Bonchev–Trinajstić information content (AvgIpc) is 2.69.